The Morgan fingerprint density at radius 1 is 0.931 bits per heavy atom. The minimum Gasteiger partial charge on any atom is -0.490 e. The second-order valence-electron chi connectivity index (χ2n) is 6.28. The van der Waals surface area contributed by atoms with Crippen LogP contribution < -0.4 is 19.5 Å². The van der Waals surface area contributed by atoms with E-state index in [9.17, 15) is 13.2 Å². The van der Waals surface area contributed by atoms with Crippen LogP contribution in [0.4, 0.5) is 11.4 Å². The van der Waals surface area contributed by atoms with Gasteiger partial charge in [-0.3, -0.25) is 9.52 Å². The van der Waals surface area contributed by atoms with Crippen molar-refractivity contribution in [3.63, 3.8) is 0 Å². The van der Waals surface area contributed by atoms with Crippen molar-refractivity contribution in [1.29, 1.82) is 0 Å². The van der Waals surface area contributed by atoms with Crippen LogP contribution in [0.25, 0.3) is 0 Å². The van der Waals surface area contributed by atoms with Gasteiger partial charge in [0, 0.05) is 29.4 Å². The molecule has 1 aromatic heterocycles. The van der Waals surface area contributed by atoms with Gasteiger partial charge in [-0.1, -0.05) is 12.1 Å². The summed E-state index contributed by atoms with van der Waals surface area (Å²) in [6.45, 7) is 1.14. The molecule has 0 fully saturated rings. The van der Waals surface area contributed by atoms with Crippen LogP contribution in [0.5, 0.6) is 11.5 Å². The molecule has 1 aliphatic rings. The zero-order valence-corrected chi connectivity index (χ0v) is 16.9. The molecule has 0 saturated heterocycles. The van der Waals surface area contributed by atoms with Gasteiger partial charge in [-0.25, -0.2) is 8.42 Å². The molecule has 0 saturated carbocycles. The quantitative estimate of drug-likeness (QED) is 0.639. The van der Waals surface area contributed by atoms with Crippen molar-refractivity contribution >= 4 is 38.6 Å². The van der Waals surface area contributed by atoms with Crippen molar-refractivity contribution in [2.45, 2.75) is 10.6 Å². The van der Waals surface area contributed by atoms with Crippen molar-refractivity contribution < 1.29 is 22.7 Å². The summed E-state index contributed by atoms with van der Waals surface area (Å²) in [7, 11) is -3.68. The Hall–Kier alpha value is -3.04. The van der Waals surface area contributed by atoms with Gasteiger partial charge in [-0.2, -0.15) is 0 Å². The summed E-state index contributed by atoms with van der Waals surface area (Å²) in [5.41, 5.74) is 1.19. The van der Waals surface area contributed by atoms with Crippen LogP contribution in [0.2, 0.25) is 0 Å². The Bertz CT molecular complexity index is 1130. The summed E-state index contributed by atoms with van der Waals surface area (Å²) >= 11 is 1.12. The summed E-state index contributed by atoms with van der Waals surface area (Å²) < 4.78 is 38.7. The van der Waals surface area contributed by atoms with Gasteiger partial charge in [0.1, 0.15) is 4.21 Å². The van der Waals surface area contributed by atoms with Crippen LogP contribution in [0.1, 0.15) is 16.8 Å². The van der Waals surface area contributed by atoms with E-state index in [4.69, 9.17) is 9.47 Å². The van der Waals surface area contributed by atoms with Crippen LogP contribution >= 0.6 is 11.3 Å². The number of carbonyl (C=O) groups excluding carboxylic acids is 1. The van der Waals surface area contributed by atoms with Crippen LogP contribution in [0.15, 0.2) is 64.2 Å². The SMILES string of the molecule is O=C(Nc1ccc2c(c1)OCCCO2)c1cccc(NS(=O)(=O)c2cccs2)c1. The minimum atomic E-state index is -3.68. The number of carbonyl (C=O) groups is 1. The van der Waals surface area contributed by atoms with Gasteiger partial charge in [-0.05, 0) is 41.8 Å². The maximum Gasteiger partial charge on any atom is 0.271 e. The topological polar surface area (TPSA) is 93.7 Å². The largest absolute Gasteiger partial charge is 0.490 e. The van der Waals surface area contributed by atoms with E-state index < -0.39 is 10.0 Å². The zero-order chi connectivity index (χ0) is 20.3. The Kier molecular flexibility index (Phi) is 5.41. The third-order valence-electron chi connectivity index (χ3n) is 4.14. The highest BCUT2D eigenvalue weighted by Gasteiger charge is 2.17. The van der Waals surface area contributed by atoms with Crippen molar-refractivity contribution in [1.82, 2.24) is 0 Å². The lowest BCUT2D eigenvalue weighted by Crippen LogP contribution is -2.14. The van der Waals surface area contributed by atoms with Gasteiger partial charge in [-0.15, -0.1) is 11.3 Å². The molecular formula is C20H18N2O5S2. The van der Waals surface area contributed by atoms with Gasteiger partial charge < -0.3 is 14.8 Å². The molecule has 0 aliphatic carbocycles. The van der Waals surface area contributed by atoms with Crippen LogP contribution in [0.3, 0.4) is 0 Å². The molecule has 2 aromatic carbocycles. The van der Waals surface area contributed by atoms with E-state index in [1.807, 2.05) is 0 Å². The van der Waals surface area contributed by atoms with E-state index in [-0.39, 0.29) is 10.1 Å². The van der Waals surface area contributed by atoms with E-state index in [0.29, 0.717) is 41.7 Å². The van der Waals surface area contributed by atoms with Crippen LogP contribution in [-0.2, 0) is 10.0 Å². The smallest absolute Gasteiger partial charge is 0.271 e. The molecule has 0 unspecified atom stereocenters. The van der Waals surface area contributed by atoms with E-state index in [1.54, 1.807) is 47.8 Å². The number of hydrogen-bond donors (Lipinski definition) is 2. The van der Waals surface area contributed by atoms with Crippen molar-refractivity contribution in [2.24, 2.45) is 0 Å². The number of rotatable bonds is 5. The first-order valence-electron chi connectivity index (χ1n) is 8.89. The summed E-state index contributed by atoms with van der Waals surface area (Å²) in [5.74, 6) is 0.861. The van der Waals surface area contributed by atoms with Gasteiger partial charge in [0.25, 0.3) is 15.9 Å². The molecule has 3 aromatic rings. The normalized spacial score (nSPS) is 13.4. The summed E-state index contributed by atoms with van der Waals surface area (Å²) in [6.07, 6.45) is 0.796. The summed E-state index contributed by atoms with van der Waals surface area (Å²) in [4.78, 5) is 12.6. The van der Waals surface area contributed by atoms with Crippen molar-refractivity contribution in [2.75, 3.05) is 23.3 Å². The average Bonchev–Trinajstić information content (AvgIpc) is 3.16. The number of sulfonamides is 1. The number of ether oxygens (including phenoxy) is 2. The molecule has 2 N–H and O–H groups in total. The highest BCUT2D eigenvalue weighted by molar-refractivity contribution is 7.94. The van der Waals surface area contributed by atoms with Crippen LogP contribution in [-0.4, -0.2) is 27.5 Å². The van der Waals surface area contributed by atoms with Crippen molar-refractivity contribution in [3.05, 3.63) is 65.5 Å². The van der Waals surface area contributed by atoms with Gasteiger partial charge in [0.15, 0.2) is 11.5 Å². The van der Waals surface area contributed by atoms with Crippen molar-refractivity contribution in [3.8, 4) is 11.5 Å². The van der Waals surface area contributed by atoms with Gasteiger partial charge in [0.05, 0.1) is 13.2 Å². The number of fused-ring (bicyclic) bond motifs is 1. The molecule has 2 heterocycles. The Morgan fingerprint density at radius 3 is 2.55 bits per heavy atom. The minimum absolute atomic E-state index is 0.208. The second-order valence-corrected chi connectivity index (χ2v) is 9.14. The molecule has 150 valence electrons. The molecule has 1 aliphatic heterocycles. The predicted molar refractivity (Wildman–Crippen MR) is 112 cm³/mol. The number of benzene rings is 2. The first-order chi connectivity index (χ1) is 14.0. The molecule has 0 radical (unpaired) electrons. The average molecular weight is 431 g/mol. The molecule has 0 atom stereocenters. The molecule has 0 bridgehead atoms. The van der Waals surface area contributed by atoms with E-state index in [0.717, 1.165) is 17.8 Å². The summed E-state index contributed by atoms with van der Waals surface area (Å²) in [5, 5.41) is 4.48. The Balaban J connectivity index is 1.50. The number of anilines is 2. The fourth-order valence-corrected chi connectivity index (χ4v) is 4.83. The molecule has 4 rings (SSSR count). The fourth-order valence-electron chi connectivity index (χ4n) is 2.79. The first kappa shape index (κ1) is 19.3. The van der Waals surface area contributed by atoms with E-state index in [1.165, 1.54) is 12.1 Å². The fraction of sp³-hybridized carbons (Fsp3) is 0.150. The maximum atomic E-state index is 12.6. The number of hydrogen-bond acceptors (Lipinski definition) is 6. The standard InChI is InChI=1S/C20H18N2O5S2/c23-20(21-15-7-8-17-18(13-15)27-10-3-9-26-17)14-4-1-5-16(12-14)22-29(24,25)19-6-2-11-28-19/h1-2,4-8,11-13,22H,3,9-10H2,(H,21,23). The predicted octanol–water partition coefficient (Wildman–Crippen LogP) is 3.96. The number of thiophene rings is 1. The second kappa shape index (κ2) is 8.14. The lowest BCUT2D eigenvalue weighted by Gasteiger charge is -2.11. The van der Waals surface area contributed by atoms with Gasteiger partial charge >= 0.3 is 0 Å². The molecule has 7 nitrogen and oxygen atoms in total. The third kappa shape index (κ3) is 4.52. The number of amides is 1. The lowest BCUT2D eigenvalue weighted by atomic mass is 10.2. The molecule has 29 heavy (non-hydrogen) atoms. The monoisotopic (exact) mass is 430 g/mol. The maximum absolute atomic E-state index is 12.6. The Labute approximate surface area is 172 Å². The molecule has 9 heteroatoms. The van der Waals surface area contributed by atoms with E-state index in [2.05, 4.69) is 10.0 Å². The van der Waals surface area contributed by atoms with Crippen LogP contribution in [0, 0.1) is 0 Å². The number of nitrogens with one attached hydrogen (secondary N) is 2. The van der Waals surface area contributed by atoms with E-state index >= 15 is 0 Å². The van der Waals surface area contributed by atoms with Gasteiger partial charge in [0.2, 0.25) is 0 Å². The third-order valence-corrected chi connectivity index (χ3v) is 6.92. The molecule has 1 amide bonds. The Morgan fingerprint density at radius 2 is 1.76 bits per heavy atom. The highest BCUT2D eigenvalue weighted by Crippen LogP contribution is 2.32. The summed E-state index contributed by atoms with van der Waals surface area (Å²) in [6, 6.07) is 14.7. The highest BCUT2D eigenvalue weighted by atomic mass is 32.2. The molecule has 0 spiro atoms. The lowest BCUT2D eigenvalue weighted by molar-refractivity contribution is 0.102. The first-order valence-corrected chi connectivity index (χ1v) is 11.2. The molecular weight excluding hydrogens is 412 g/mol. The zero-order valence-electron chi connectivity index (χ0n) is 15.3.